The molecule has 1 N–H and O–H groups in total. The smallest absolute Gasteiger partial charge is 0.334 e. The maximum absolute atomic E-state index is 13.4. The third-order valence-corrected chi connectivity index (χ3v) is 4.28. The minimum Gasteiger partial charge on any atom is -0.334 e. The molecule has 0 saturated heterocycles. The van der Waals surface area contributed by atoms with E-state index in [0.29, 0.717) is 18.5 Å². The lowest BCUT2D eigenvalue weighted by Gasteiger charge is -2.34. The number of hydrogen-bond donors (Lipinski definition) is 1. The molecule has 1 aromatic carbocycles. The van der Waals surface area contributed by atoms with Crippen molar-refractivity contribution >= 4 is 29.0 Å². The van der Waals surface area contributed by atoms with Gasteiger partial charge in [-0.2, -0.15) is 0 Å². The number of hydrogen-bond acceptors (Lipinski definition) is 4. The number of hydroxylamine groups is 1. The van der Waals surface area contributed by atoms with Gasteiger partial charge in [0.05, 0.1) is 16.8 Å². The molecule has 126 valence electrons. The van der Waals surface area contributed by atoms with Crippen LogP contribution in [0.15, 0.2) is 18.2 Å². The zero-order valence-electron chi connectivity index (χ0n) is 13.3. The molecular formula is C17H22ClFN2O2. The van der Waals surface area contributed by atoms with E-state index in [1.165, 1.54) is 17.2 Å². The standard InChI is InChI=1S/C17H22ClFN2O2/c1-2-6-16(20)17(22)23-21(12-7-4-3-5-8-12)13-9-10-15(19)14(18)11-13/h9-12,20H,2-8H2,1H3. The van der Waals surface area contributed by atoms with Crippen molar-refractivity contribution in [3.05, 3.63) is 29.0 Å². The Bertz CT molecular complexity index is 574. The van der Waals surface area contributed by atoms with Crippen LogP contribution in [-0.2, 0) is 9.63 Å². The second-order valence-corrected chi connectivity index (χ2v) is 6.23. The predicted molar refractivity (Wildman–Crippen MR) is 89.5 cm³/mol. The van der Waals surface area contributed by atoms with Gasteiger partial charge in [-0.25, -0.2) is 14.2 Å². The fraction of sp³-hybridized carbons (Fsp3) is 0.529. The molecule has 0 unspecified atom stereocenters. The minimum absolute atomic E-state index is 0.0111. The summed E-state index contributed by atoms with van der Waals surface area (Å²) in [7, 11) is 0. The van der Waals surface area contributed by atoms with Gasteiger partial charge in [0.15, 0.2) is 0 Å². The Morgan fingerprint density at radius 3 is 2.70 bits per heavy atom. The Morgan fingerprint density at radius 1 is 1.39 bits per heavy atom. The molecule has 6 heteroatoms. The van der Waals surface area contributed by atoms with Crippen LogP contribution in [-0.4, -0.2) is 17.7 Å². The van der Waals surface area contributed by atoms with Crippen LogP contribution >= 0.6 is 11.6 Å². The highest BCUT2D eigenvalue weighted by molar-refractivity contribution is 6.35. The molecule has 0 spiro atoms. The van der Waals surface area contributed by atoms with Crippen LogP contribution in [0.2, 0.25) is 5.02 Å². The maximum Gasteiger partial charge on any atom is 0.376 e. The predicted octanol–water partition coefficient (Wildman–Crippen LogP) is 4.90. The van der Waals surface area contributed by atoms with E-state index in [1.54, 1.807) is 6.07 Å². The van der Waals surface area contributed by atoms with Gasteiger partial charge in [-0.05, 0) is 37.5 Å². The van der Waals surface area contributed by atoms with Crippen LogP contribution in [0.4, 0.5) is 10.1 Å². The van der Waals surface area contributed by atoms with Crippen molar-refractivity contribution in [3.63, 3.8) is 0 Å². The Kier molecular flexibility index (Phi) is 6.39. The van der Waals surface area contributed by atoms with Crippen LogP contribution < -0.4 is 5.06 Å². The lowest BCUT2D eigenvalue weighted by atomic mass is 9.95. The number of rotatable bonds is 6. The minimum atomic E-state index is -0.655. The van der Waals surface area contributed by atoms with Gasteiger partial charge >= 0.3 is 5.97 Å². The van der Waals surface area contributed by atoms with E-state index in [0.717, 1.165) is 32.1 Å². The SMILES string of the molecule is CCCC(=N)C(=O)ON(c1ccc(F)c(Cl)c1)C1CCCCC1. The summed E-state index contributed by atoms with van der Waals surface area (Å²) in [6, 6.07) is 4.30. The summed E-state index contributed by atoms with van der Waals surface area (Å²) in [4.78, 5) is 17.6. The fourth-order valence-electron chi connectivity index (χ4n) is 2.77. The Morgan fingerprint density at radius 2 is 2.09 bits per heavy atom. The van der Waals surface area contributed by atoms with Crippen molar-refractivity contribution in [3.8, 4) is 0 Å². The molecule has 0 radical (unpaired) electrons. The van der Waals surface area contributed by atoms with Gasteiger partial charge in [0.2, 0.25) is 0 Å². The first-order chi connectivity index (χ1) is 11.0. The van der Waals surface area contributed by atoms with Crippen LogP contribution in [0.3, 0.4) is 0 Å². The summed E-state index contributed by atoms with van der Waals surface area (Å²) in [6.07, 6.45) is 6.14. The molecule has 0 bridgehead atoms. The maximum atomic E-state index is 13.4. The highest BCUT2D eigenvalue weighted by Crippen LogP contribution is 2.30. The highest BCUT2D eigenvalue weighted by atomic mass is 35.5. The molecule has 1 saturated carbocycles. The van der Waals surface area contributed by atoms with E-state index in [4.69, 9.17) is 21.8 Å². The Hall–Kier alpha value is -1.62. The second kappa shape index (κ2) is 8.29. The van der Waals surface area contributed by atoms with E-state index in [1.807, 2.05) is 6.92 Å². The highest BCUT2D eigenvalue weighted by Gasteiger charge is 2.27. The number of nitrogens with zero attached hydrogens (tertiary/aromatic N) is 1. The van der Waals surface area contributed by atoms with Gasteiger partial charge in [-0.15, -0.1) is 0 Å². The monoisotopic (exact) mass is 340 g/mol. The molecule has 1 aliphatic rings. The summed E-state index contributed by atoms with van der Waals surface area (Å²) in [6.45, 7) is 1.90. The molecule has 0 amide bonds. The van der Waals surface area contributed by atoms with Gasteiger partial charge in [0, 0.05) is 0 Å². The molecule has 0 heterocycles. The topological polar surface area (TPSA) is 53.4 Å². The number of benzene rings is 1. The van der Waals surface area contributed by atoms with E-state index < -0.39 is 11.8 Å². The van der Waals surface area contributed by atoms with Gasteiger partial charge < -0.3 is 4.84 Å². The molecule has 4 nitrogen and oxygen atoms in total. The first-order valence-corrected chi connectivity index (χ1v) is 8.44. The molecule has 2 rings (SSSR count). The van der Waals surface area contributed by atoms with Gasteiger partial charge in [-0.3, -0.25) is 5.41 Å². The fourth-order valence-corrected chi connectivity index (χ4v) is 2.95. The normalized spacial score (nSPS) is 15.3. The van der Waals surface area contributed by atoms with Gasteiger partial charge in [0.25, 0.3) is 0 Å². The first kappa shape index (κ1) is 17.7. The number of anilines is 1. The quantitative estimate of drug-likeness (QED) is 0.592. The first-order valence-electron chi connectivity index (χ1n) is 8.07. The summed E-state index contributed by atoms with van der Waals surface area (Å²) in [5, 5.41) is 9.25. The number of carbonyl (C=O) groups excluding carboxylic acids is 1. The third-order valence-electron chi connectivity index (χ3n) is 3.99. The van der Waals surface area contributed by atoms with Gasteiger partial charge in [0.1, 0.15) is 11.5 Å². The summed E-state index contributed by atoms with van der Waals surface area (Å²) in [5.74, 6) is -1.16. The molecule has 0 aliphatic heterocycles. The zero-order chi connectivity index (χ0) is 16.8. The van der Waals surface area contributed by atoms with Crippen molar-refractivity contribution in [2.24, 2.45) is 0 Å². The average Bonchev–Trinajstić information content (AvgIpc) is 2.56. The van der Waals surface area contributed by atoms with Crippen LogP contribution in [0, 0.1) is 11.2 Å². The molecular weight excluding hydrogens is 319 g/mol. The van der Waals surface area contributed by atoms with E-state index in [2.05, 4.69) is 0 Å². The molecule has 0 atom stereocenters. The van der Waals surface area contributed by atoms with Crippen LogP contribution in [0.5, 0.6) is 0 Å². The van der Waals surface area contributed by atoms with Crippen LogP contribution in [0.25, 0.3) is 0 Å². The summed E-state index contributed by atoms with van der Waals surface area (Å²) >= 11 is 5.86. The molecule has 23 heavy (non-hydrogen) atoms. The Labute approximate surface area is 141 Å². The largest absolute Gasteiger partial charge is 0.376 e. The average molecular weight is 341 g/mol. The summed E-state index contributed by atoms with van der Waals surface area (Å²) < 4.78 is 13.4. The van der Waals surface area contributed by atoms with E-state index in [-0.39, 0.29) is 16.8 Å². The lowest BCUT2D eigenvalue weighted by Crippen LogP contribution is -2.40. The number of carbonyl (C=O) groups is 1. The lowest BCUT2D eigenvalue weighted by molar-refractivity contribution is -0.138. The number of halogens is 2. The molecule has 1 fully saturated rings. The molecule has 0 aromatic heterocycles. The summed E-state index contributed by atoms with van der Waals surface area (Å²) in [5.41, 5.74) is 0.488. The van der Waals surface area contributed by atoms with Crippen molar-refractivity contribution in [1.29, 1.82) is 5.41 Å². The van der Waals surface area contributed by atoms with Crippen molar-refractivity contribution in [2.45, 2.75) is 57.9 Å². The zero-order valence-corrected chi connectivity index (χ0v) is 14.0. The molecule has 1 aromatic rings. The van der Waals surface area contributed by atoms with Crippen LogP contribution in [0.1, 0.15) is 51.9 Å². The van der Waals surface area contributed by atoms with E-state index >= 15 is 0 Å². The Balaban J connectivity index is 2.22. The van der Waals surface area contributed by atoms with Crippen molar-refractivity contribution < 1.29 is 14.0 Å². The van der Waals surface area contributed by atoms with Crippen molar-refractivity contribution in [2.75, 3.05) is 5.06 Å². The number of nitrogens with one attached hydrogen (secondary N) is 1. The third kappa shape index (κ3) is 4.67. The van der Waals surface area contributed by atoms with Gasteiger partial charge in [-0.1, -0.05) is 44.2 Å². The molecule has 1 aliphatic carbocycles. The van der Waals surface area contributed by atoms with Crippen molar-refractivity contribution in [1.82, 2.24) is 0 Å². The second-order valence-electron chi connectivity index (χ2n) is 5.82. The van der Waals surface area contributed by atoms with E-state index in [9.17, 15) is 9.18 Å².